The van der Waals surface area contributed by atoms with Crippen LogP contribution in [0.15, 0.2) is 136 Å². The van der Waals surface area contributed by atoms with Crippen LogP contribution in [0.5, 0.6) is 0 Å². The maximum atomic E-state index is 10.2. The summed E-state index contributed by atoms with van der Waals surface area (Å²) in [4.78, 5) is 9.58. The highest BCUT2D eigenvalue weighted by Crippen LogP contribution is 2.49. The Hall–Kier alpha value is -6.25. The molecule has 0 unspecified atom stereocenters. The van der Waals surface area contributed by atoms with Crippen LogP contribution in [0.3, 0.4) is 0 Å². The highest BCUT2D eigenvalue weighted by Gasteiger charge is 2.35. The normalized spacial score (nSPS) is 13.0. The van der Waals surface area contributed by atoms with Gasteiger partial charge in [0.2, 0.25) is 11.8 Å². The summed E-state index contributed by atoms with van der Waals surface area (Å²) in [5.41, 5.74) is 14.0. The first-order chi connectivity index (χ1) is 22.9. The number of nitriles is 1. The van der Waals surface area contributed by atoms with Crippen molar-refractivity contribution >= 4 is 22.2 Å². The molecule has 6 aromatic carbocycles. The van der Waals surface area contributed by atoms with E-state index in [1.807, 2.05) is 66.7 Å². The summed E-state index contributed by atoms with van der Waals surface area (Å²) in [6.07, 6.45) is 0. The first-order valence-electron chi connectivity index (χ1n) is 15.6. The van der Waals surface area contributed by atoms with E-state index in [0.717, 1.165) is 44.4 Å². The van der Waals surface area contributed by atoms with Crippen LogP contribution in [0.2, 0.25) is 0 Å². The van der Waals surface area contributed by atoms with Gasteiger partial charge >= 0.3 is 0 Å². The van der Waals surface area contributed by atoms with Crippen LogP contribution in [-0.4, -0.2) is 9.97 Å². The lowest BCUT2D eigenvalue weighted by Crippen LogP contribution is -2.14. The van der Waals surface area contributed by atoms with Gasteiger partial charge in [0.1, 0.15) is 11.0 Å². The van der Waals surface area contributed by atoms with Gasteiger partial charge in [-0.1, -0.05) is 74.5 Å². The summed E-state index contributed by atoms with van der Waals surface area (Å²) < 4.78 is 12.4. The fraction of sp³-hybridized carbons (Fsp3) is 0.0714. The Morgan fingerprint density at radius 2 is 1.02 bits per heavy atom. The molecule has 1 aliphatic carbocycles. The van der Waals surface area contributed by atoms with Gasteiger partial charge in [-0.3, -0.25) is 0 Å². The Morgan fingerprint density at radius 1 is 0.511 bits per heavy atom. The van der Waals surface area contributed by atoms with Crippen LogP contribution >= 0.6 is 0 Å². The molecular formula is C42H27N3O2. The van der Waals surface area contributed by atoms with Crippen LogP contribution in [0, 0.1) is 11.3 Å². The summed E-state index contributed by atoms with van der Waals surface area (Å²) >= 11 is 0. The van der Waals surface area contributed by atoms with E-state index in [2.05, 4.69) is 80.6 Å². The second-order valence-corrected chi connectivity index (χ2v) is 12.6. The molecule has 47 heavy (non-hydrogen) atoms. The Kier molecular flexibility index (Phi) is 5.84. The number of benzene rings is 6. The second kappa shape index (κ2) is 10.1. The van der Waals surface area contributed by atoms with Gasteiger partial charge in [0.15, 0.2) is 11.2 Å². The number of oxazole rings is 2. The molecule has 2 heterocycles. The summed E-state index contributed by atoms with van der Waals surface area (Å²) in [5, 5.41) is 10.2. The molecule has 222 valence electrons. The number of rotatable bonds is 4. The maximum Gasteiger partial charge on any atom is 0.227 e. The molecule has 2 aromatic heterocycles. The Bertz CT molecular complexity index is 2420. The molecule has 0 saturated carbocycles. The molecule has 8 aromatic rings. The van der Waals surface area contributed by atoms with Gasteiger partial charge in [0.05, 0.1) is 11.6 Å². The molecule has 0 amide bonds. The van der Waals surface area contributed by atoms with Crippen molar-refractivity contribution in [3.8, 4) is 62.4 Å². The predicted molar refractivity (Wildman–Crippen MR) is 186 cm³/mol. The molecule has 0 atom stereocenters. The molecule has 5 nitrogen and oxygen atoms in total. The van der Waals surface area contributed by atoms with E-state index in [4.69, 9.17) is 18.8 Å². The van der Waals surface area contributed by atoms with Gasteiger partial charge in [-0.2, -0.15) is 5.26 Å². The first kappa shape index (κ1) is 27.1. The lowest BCUT2D eigenvalue weighted by Gasteiger charge is -2.22. The van der Waals surface area contributed by atoms with Crippen molar-refractivity contribution < 1.29 is 8.83 Å². The Labute approximate surface area is 271 Å². The topological polar surface area (TPSA) is 75.8 Å². The van der Waals surface area contributed by atoms with E-state index < -0.39 is 0 Å². The zero-order valence-corrected chi connectivity index (χ0v) is 25.8. The molecule has 0 fully saturated rings. The highest BCUT2D eigenvalue weighted by molar-refractivity contribution is 5.87. The minimum Gasteiger partial charge on any atom is -0.436 e. The predicted octanol–water partition coefficient (Wildman–Crippen LogP) is 10.8. The summed E-state index contributed by atoms with van der Waals surface area (Å²) in [5.74, 6) is 1.00. The SMILES string of the molecule is CC1(C)c2ccccc2-c2ccc(-c3cc(C#N)cc(-c4cc(-c5nc6ccccc6o5)cc(-c5nc6ccccc6o5)c4)c3)cc21. The zero-order chi connectivity index (χ0) is 31.7. The zero-order valence-electron chi connectivity index (χ0n) is 25.8. The fourth-order valence-electron chi connectivity index (χ4n) is 6.94. The van der Waals surface area contributed by atoms with Crippen LogP contribution in [0.25, 0.3) is 78.5 Å². The summed E-state index contributed by atoms with van der Waals surface area (Å²) in [6, 6.07) is 45.3. The molecular weight excluding hydrogens is 578 g/mol. The molecule has 0 bridgehead atoms. The molecule has 1 aliphatic rings. The van der Waals surface area contributed by atoms with Crippen molar-refractivity contribution in [2.75, 3.05) is 0 Å². The molecule has 0 saturated heterocycles. The van der Waals surface area contributed by atoms with Gasteiger partial charge in [0.25, 0.3) is 0 Å². The maximum absolute atomic E-state index is 10.2. The van der Waals surface area contributed by atoms with Crippen LogP contribution in [-0.2, 0) is 5.41 Å². The summed E-state index contributed by atoms with van der Waals surface area (Å²) in [7, 11) is 0. The van der Waals surface area contributed by atoms with E-state index in [1.165, 1.54) is 22.3 Å². The average molecular weight is 606 g/mol. The van der Waals surface area contributed by atoms with Crippen molar-refractivity contribution in [2.45, 2.75) is 19.3 Å². The van der Waals surface area contributed by atoms with Crippen molar-refractivity contribution in [2.24, 2.45) is 0 Å². The third-order valence-electron chi connectivity index (χ3n) is 9.33. The van der Waals surface area contributed by atoms with Gasteiger partial charge in [-0.05, 0) is 111 Å². The molecule has 0 aliphatic heterocycles. The first-order valence-corrected chi connectivity index (χ1v) is 15.6. The monoisotopic (exact) mass is 605 g/mol. The van der Waals surface area contributed by atoms with Crippen LogP contribution in [0.1, 0.15) is 30.5 Å². The standard InChI is InChI=1S/C42H27N3O2/c1-42(2)34-10-4-3-9-32(34)33-16-15-26(23-35(33)42)27-17-25(24-43)18-28(19-27)29-20-30(40-44-36-11-5-7-13-38(36)46-40)22-31(21-29)41-45-37-12-6-8-14-39(37)47-41/h3-23H,1-2H3. The summed E-state index contributed by atoms with van der Waals surface area (Å²) in [6.45, 7) is 4.56. The number of aromatic nitrogens is 2. The third-order valence-corrected chi connectivity index (χ3v) is 9.33. The third kappa shape index (κ3) is 4.38. The highest BCUT2D eigenvalue weighted by atomic mass is 16.4. The average Bonchev–Trinajstić information content (AvgIpc) is 3.81. The molecule has 0 spiro atoms. The second-order valence-electron chi connectivity index (χ2n) is 12.6. The molecule has 0 radical (unpaired) electrons. The quantitative estimate of drug-likeness (QED) is 0.199. The van der Waals surface area contributed by atoms with E-state index in [9.17, 15) is 5.26 Å². The fourth-order valence-corrected chi connectivity index (χ4v) is 6.94. The Balaban J connectivity index is 1.22. The van der Waals surface area contributed by atoms with E-state index in [0.29, 0.717) is 28.5 Å². The van der Waals surface area contributed by atoms with E-state index >= 15 is 0 Å². The van der Waals surface area contributed by atoms with Crippen LogP contribution < -0.4 is 0 Å². The van der Waals surface area contributed by atoms with Crippen molar-refractivity contribution in [1.29, 1.82) is 5.26 Å². The lowest BCUT2D eigenvalue weighted by molar-refractivity contribution is 0.617. The van der Waals surface area contributed by atoms with Gasteiger partial charge in [0, 0.05) is 16.5 Å². The van der Waals surface area contributed by atoms with Crippen molar-refractivity contribution in [3.63, 3.8) is 0 Å². The number of para-hydroxylation sites is 4. The largest absolute Gasteiger partial charge is 0.436 e. The lowest BCUT2D eigenvalue weighted by atomic mass is 9.81. The molecule has 9 rings (SSSR count). The van der Waals surface area contributed by atoms with Crippen molar-refractivity contribution in [1.82, 2.24) is 9.97 Å². The van der Waals surface area contributed by atoms with Gasteiger partial charge in [-0.25, -0.2) is 9.97 Å². The minimum absolute atomic E-state index is 0.125. The number of hydrogen-bond donors (Lipinski definition) is 0. The van der Waals surface area contributed by atoms with Gasteiger partial charge in [-0.15, -0.1) is 0 Å². The molecule has 0 N–H and O–H groups in total. The van der Waals surface area contributed by atoms with Crippen LogP contribution in [0.4, 0.5) is 0 Å². The number of fused-ring (bicyclic) bond motifs is 5. The number of nitrogens with zero attached hydrogens (tertiary/aromatic N) is 3. The van der Waals surface area contributed by atoms with Crippen molar-refractivity contribution in [3.05, 3.63) is 144 Å². The van der Waals surface area contributed by atoms with E-state index in [-0.39, 0.29) is 5.41 Å². The van der Waals surface area contributed by atoms with Gasteiger partial charge < -0.3 is 8.83 Å². The smallest absolute Gasteiger partial charge is 0.227 e. The minimum atomic E-state index is -0.125. The molecule has 5 heteroatoms. The number of hydrogen-bond acceptors (Lipinski definition) is 5. The van der Waals surface area contributed by atoms with E-state index in [1.54, 1.807) is 0 Å². The Morgan fingerprint density at radius 3 is 1.66 bits per heavy atom.